The smallest absolute Gasteiger partial charge is 0.337 e. The second-order valence-electron chi connectivity index (χ2n) is 4.95. The molecular formula is C16H11ClN4O3S2. The van der Waals surface area contributed by atoms with Crippen molar-refractivity contribution < 1.29 is 14.7 Å². The molecule has 0 saturated heterocycles. The summed E-state index contributed by atoms with van der Waals surface area (Å²) in [4.78, 5) is 27.2. The average molecular weight is 407 g/mol. The van der Waals surface area contributed by atoms with E-state index in [4.69, 9.17) is 16.7 Å². The van der Waals surface area contributed by atoms with Crippen LogP contribution in [0.1, 0.15) is 10.4 Å². The molecule has 132 valence electrons. The van der Waals surface area contributed by atoms with Crippen LogP contribution in [-0.4, -0.2) is 37.9 Å². The summed E-state index contributed by atoms with van der Waals surface area (Å²) in [7, 11) is 0. The highest BCUT2D eigenvalue weighted by Gasteiger charge is 2.12. The first-order chi connectivity index (χ1) is 12.5. The van der Waals surface area contributed by atoms with E-state index in [1.165, 1.54) is 35.2 Å². The fourth-order valence-electron chi connectivity index (χ4n) is 1.97. The van der Waals surface area contributed by atoms with Gasteiger partial charge in [-0.25, -0.2) is 4.79 Å². The van der Waals surface area contributed by atoms with Crippen LogP contribution < -0.4 is 5.32 Å². The standard InChI is InChI=1S/C16H11ClN4O3S2/c17-12-4-3-10(6-11(12)15(23)24)19-13(22)8-25-16-21-20-14(26-16)9-2-1-5-18-7-9/h1-7H,8H2,(H,19,22)(H,23,24). The topological polar surface area (TPSA) is 105 Å². The molecule has 0 aliphatic carbocycles. The summed E-state index contributed by atoms with van der Waals surface area (Å²) in [6.45, 7) is 0. The highest BCUT2D eigenvalue weighted by Crippen LogP contribution is 2.29. The molecule has 0 unspecified atom stereocenters. The second-order valence-corrected chi connectivity index (χ2v) is 7.56. The van der Waals surface area contributed by atoms with Crippen LogP contribution in [0.3, 0.4) is 0 Å². The van der Waals surface area contributed by atoms with Gasteiger partial charge in [0.25, 0.3) is 0 Å². The molecule has 1 aromatic carbocycles. The minimum absolute atomic E-state index is 0.0673. The highest BCUT2D eigenvalue weighted by atomic mass is 35.5. The van der Waals surface area contributed by atoms with E-state index in [0.717, 1.165) is 10.6 Å². The van der Waals surface area contributed by atoms with Gasteiger partial charge in [-0.3, -0.25) is 9.78 Å². The van der Waals surface area contributed by atoms with Gasteiger partial charge in [0.05, 0.1) is 16.3 Å². The van der Waals surface area contributed by atoms with Gasteiger partial charge in [-0.1, -0.05) is 34.7 Å². The van der Waals surface area contributed by atoms with Crippen molar-refractivity contribution in [3.8, 4) is 10.6 Å². The molecule has 10 heteroatoms. The number of halogens is 1. The van der Waals surface area contributed by atoms with Gasteiger partial charge in [-0.05, 0) is 30.3 Å². The number of rotatable bonds is 6. The Labute approximate surface area is 161 Å². The molecule has 3 rings (SSSR count). The van der Waals surface area contributed by atoms with Gasteiger partial charge in [-0.15, -0.1) is 10.2 Å². The number of hydrogen-bond acceptors (Lipinski definition) is 7. The molecule has 1 amide bonds. The van der Waals surface area contributed by atoms with E-state index >= 15 is 0 Å². The molecule has 0 aliphatic heterocycles. The van der Waals surface area contributed by atoms with Crippen LogP contribution in [0.25, 0.3) is 10.6 Å². The molecule has 2 N–H and O–H groups in total. The Kier molecular flexibility index (Phi) is 5.82. The van der Waals surface area contributed by atoms with Gasteiger partial charge >= 0.3 is 5.97 Å². The number of nitrogens with zero attached hydrogens (tertiary/aromatic N) is 3. The van der Waals surface area contributed by atoms with Crippen molar-refractivity contribution in [1.29, 1.82) is 0 Å². The number of carboxylic acids is 1. The molecule has 0 spiro atoms. The quantitative estimate of drug-likeness (QED) is 0.601. The van der Waals surface area contributed by atoms with Gasteiger partial charge in [0.15, 0.2) is 4.34 Å². The van der Waals surface area contributed by atoms with Crippen molar-refractivity contribution in [2.24, 2.45) is 0 Å². The molecule has 2 aromatic heterocycles. The number of carbonyl (C=O) groups excluding carboxylic acids is 1. The van der Waals surface area contributed by atoms with E-state index in [0.29, 0.717) is 10.0 Å². The van der Waals surface area contributed by atoms with Crippen molar-refractivity contribution in [3.63, 3.8) is 0 Å². The summed E-state index contributed by atoms with van der Waals surface area (Å²) in [6, 6.07) is 7.99. The molecule has 26 heavy (non-hydrogen) atoms. The summed E-state index contributed by atoms with van der Waals surface area (Å²) < 4.78 is 0.654. The highest BCUT2D eigenvalue weighted by molar-refractivity contribution is 8.01. The molecule has 0 aliphatic rings. The number of benzene rings is 1. The lowest BCUT2D eigenvalue weighted by Crippen LogP contribution is -2.14. The van der Waals surface area contributed by atoms with Crippen molar-refractivity contribution in [3.05, 3.63) is 53.3 Å². The lowest BCUT2D eigenvalue weighted by atomic mass is 10.2. The summed E-state index contributed by atoms with van der Waals surface area (Å²) in [5.41, 5.74) is 1.16. The number of anilines is 1. The van der Waals surface area contributed by atoms with E-state index in [9.17, 15) is 9.59 Å². The minimum Gasteiger partial charge on any atom is -0.478 e. The van der Waals surface area contributed by atoms with Crippen LogP contribution in [-0.2, 0) is 4.79 Å². The Bertz CT molecular complexity index is 950. The van der Waals surface area contributed by atoms with Crippen LogP contribution in [0.4, 0.5) is 5.69 Å². The second kappa shape index (κ2) is 8.26. The van der Waals surface area contributed by atoms with E-state index < -0.39 is 5.97 Å². The van der Waals surface area contributed by atoms with E-state index in [1.54, 1.807) is 18.5 Å². The third-order valence-electron chi connectivity index (χ3n) is 3.12. The third kappa shape index (κ3) is 4.57. The van der Waals surface area contributed by atoms with Crippen LogP contribution >= 0.6 is 34.7 Å². The molecular weight excluding hydrogens is 396 g/mol. The van der Waals surface area contributed by atoms with Crippen LogP contribution in [0.5, 0.6) is 0 Å². The monoisotopic (exact) mass is 406 g/mol. The number of hydrogen-bond donors (Lipinski definition) is 2. The van der Waals surface area contributed by atoms with E-state index in [-0.39, 0.29) is 22.2 Å². The third-order valence-corrected chi connectivity index (χ3v) is 5.56. The molecule has 0 bridgehead atoms. The first kappa shape index (κ1) is 18.3. The number of amides is 1. The van der Waals surface area contributed by atoms with E-state index in [2.05, 4.69) is 20.5 Å². The van der Waals surface area contributed by atoms with Crippen molar-refractivity contribution >= 4 is 52.3 Å². The predicted molar refractivity (Wildman–Crippen MR) is 101 cm³/mol. The first-order valence-corrected chi connectivity index (χ1v) is 9.40. The van der Waals surface area contributed by atoms with Gasteiger partial charge in [0.1, 0.15) is 5.01 Å². The zero-order chi connectivity index (χ0) is 18.5. The molecule has 0 fully saturated rings. The van der Waals surface area contributed by atoms with Crippen molar-refractivity contribution in [2.45, 2.75) is 4.34 Å². The normalized spacial score (nSPS) is 10.5. The largest absolute Gasteiger partial charge is 0.478 e. The Hall–Kier alpha value is -2.49. The van der Waals surface area contributed by atoms with Gasteiger partial charge < -0.3 is 10.4 Å². The summed E-state index contributed by atoms with van der Waals surface area (Å²) in [5, 5.41) is 20.7. The molecule has 0 atom stereocenters. The maximum atomic E-state index is 12.1. The summed E-state index contributed by atoms with van der Waals surface area (Å²) in [6.07, 6.45) is 3.37. The average Bonchev–Trinajstić information content (AvgIpc) is 3.11. The number of aromatic nitrogens is 3. The number of thioether (sulfide) groups is 1. The molecule has 0 radical (unpaired) electrons. The Morgan fingerprint density at radius 3 is 2.85 bits per heavy atom. The maximum absolute atomic E-state index is 12.1. The Balaban J connectivity index is 1.59. The first-order valence-electron chi connectivity index (χ1n) is 7.22. The number of nitrogens with one attached hydrogen (secondary N) is 1. The van der Waals surface area contributed by atoms with Gasteiger partial charge in [0, 0.05) is 23.6 Å². The van der Waals surface area contributed by atoms with Crippen LogP contribution in [0.15, 0.2) is 47.1 Å². The lowest BCUT2D eigenvalue weighted by Gasteiger charge is -2.06. The predicted octanol–water partition coefficient (Wildman–Crippen LogP) is 3.68. The number of aromatic carboxylic acids is 1. The lowest BCUT2D eigenvalue weighted by molar-refractivity contribution is -0.113. The number of pyridine rings is 1. The summed E-state index contributed by atoms with van der Waals surface area (Å²) in [5.74, 6) is -1.32. The molecule has 3 aromatic rings. The minimum atomic E-state index is -1.16. The Morgan fingerprint density at radius 1 is 1.27 bits per heavy atom. The number of carbonyl (C=O) groups is 2. The van der Waals surface area contributed by atoms with Gasteiger partial charge in [-0.2, -0.15) is 0 Å². The van der Waals surface area contributed by atoms with Gasteiger partial charge in [0.2, 0.25) is 5.91 Å². The summed E-state index contributed by atoms with van der Waals surface area (Å²) >= 11 is 8.42. The van der Waals surface area contributed by atoms with Crippen molar-refractivity contribution in [1.82, 2.24) is 15.2 Å². The fraction of sp³-hybridized carbons (Fsp3) is 0.0625. The fourth-order valence-corrected chi connectivity index (χ4v) is 3.81. The molecule has 2 heterocycles. The number of carboxylic acid groups (broad SMARTS) is 1. The molecule has 0 saturated carbocycles. The SMILES string of the molecule is O=C(CSc1nnc(-c2cccnc2)s1)Nc1ccc(Cl)c(C(=O)O)c1. The zero-order valence-corrected chi connectivity index (χ0v) is 15.4. The molecule has 7 nitrogen and oxygen atoms in total. The van der Waals surface area contributed by atoms with Crippen LogP contribution in [0, 0.1) is 0 Å². The maximum Gasteiger partial charge on any atom is 0.337 e. The Morgan fingerprint density at radius 2 is 2.12 bits per heavy atom. The van der Waals surface area contributed by atoms with E-state index in [1.807, 2.05) is 12.1 Å². The van der Waals surface area contributed by atoms with Crippen LogP contribution in [0.2, 0.25) is 5.02 Å². The zero-order valence-electron chi connectivity index (χ0n) is 13.0. The van der Waals surface area contributed by atoms with Crippen molar-refractivity contribution in [2.75, 3.05) is 11.1 Å².